The van der Waals surface area contributed by atoms with Gasteiger partial charge in [-0.05, 0) is 0 Å². The molecule has 0 bridgehead atoms. The molecule has 0 saturated carbocycles. The zero-order valence-electron chi connectivity index (χ0n) is 5.36. The fourth-order valence-corrected chi connectivity index (χ4v) is 1.17. The van der Waals surface area contributed by atoms with Crippen LogP contribution in [0.4, 0.5) is 0 Å². The zero-order chi connectivity index (χ0) is 7.23. The Hall–Kier alpha value is -1.12. The maximum Gasteiger partial charge on any atom is 0.0962 e. The second kappa shape index (κ2) is 3.82. The van der Waals surface area contributed by atoms with Crippen LogP contribution in [0.15, 0.2) is 30.3 Å². The molecule has 0 unspecified atom stereocenters. The molecule has 0 fully saturated rings. The lowest BCUT2D eigenvalue weighted by Gasteiger charge is -1.85. The second-order valence-electron chi connectivity index (χ2n) is 1.72. The topological polar surface area (TPSA) is 23.8 Å². The lowest BCUT2D eigenvalue weighted by atomic mass is 10.4. The van der Waals surface area contributed by atoms with Crippen LogP contribution in [0, 0.1) is 11.3 Å². The lowest BCUT2D eigenvalue weighted by Crippen LogP contribution is -1.86. The predicted molar refractivity (Wildman–Crippen MR) is 44.7 cm³/mol. The van der Waals surface area contributed by atoms with Gasteiger partial charge in [0.1, 0.15) is 0 Å². The molecule has 0 spiro atoms. The maximum absolute atomic E-state index is 8.22. The average Bonchev–Trinajstić information content (AvgIpc) is 2.03. The molecule has 1 aromatic rings. The predicted octanol–water partition coefficient (Wildman–Crippen LogP) is 1.58. The van der Waals surface area contributed by atoms with E-state index in [1.165, 1.54) is 0 Å². The first-order valence-electron chi connectivity index (χ1n) is 2.90. The van der Waals surface area contributed by atoms with E-state index in [4.69, 9.17) is 5.26 Å². The molecule has 0 aromatic heterocycles. The largest absolute Gasteiger partial charge is 0.193 e. The van der Waals surface area contributed by atoms with Gasteiger partial charge in [0, 0.05) is 11.1 Å². The Morgan fingerprint density at radius 3 is 2.60 bits per heavy atom. The van der Waals surface area contributed by atoms with Crippen LogP contribution in [-0.4, -0.2) is 5.80 Å². The van der Waals surface area contributed by atoms with Crippen LogP contribution < -0.4 is 5.30 Å². The molecule has 1 rings (SSSR count). The van der Waals surface area contributed by atoms with Gasteiger partial charge >= 0.3 is 0 Å². The first-order chi connectivity index (χ1) is 4.93. The zero-order valence-corrected chi connectivity index (χ0v) is 6.25. The molecule has 1 aromatic carbocycles. The van der Waals surface area contributed by atoms with E-state index in [9.17, 15) is 0 Å². The fourth-order valence-electron chi connectivity index (χ4n) is 0.617. The van der Waals surface area contributed by atoms with Crippen LogP contribution in [0.25, 0.3) is 0 Å². The van der Waals surface area contributed by atoms with Crippen molar-refractivity contribution in [1.29, 1.82) is 5.26 Å². The first-order valence-corrected chi connectivity index (χ1v) is 3.87. The maximum atomic E-state index is 8.22. The van der Waals surface area contributed by atoms with Crippen molar-refractivity contribution in [1.82, 2.24) is 0 Å². The van der Waals surface area contributed by atoms with Crippen LogP contribution in [0.1, 0.15) is 0 Å². The van der Waals surface area contributed by atoms with Crippen molar-refractivity contribution in [2.75, 3.05) is 0 Å². The van der Waals surface area contributed by atoms with E-state index in [0.29, 0.717) is 0 Å². The highest BCUT2D eigenvalue weighted by molar-refractivity contribution is 7.47. The van der Waals surface area contributed by atoms with Crippen LogP contribution in [0.5, 0.6) is 0 Å². The first kappa shape index (κ1) is 6.99. The third-order valence-corrected chi connectivity index (χ3v) is 1.87. The molecule has 0 N–H and O–H groups in total. The van der Waals surface area contributed by atoms with E-state index in [1.54, 1.807) is 5.80 Å². The number of benzene rings is 1. The minimum absolute atomic E-state index is 0.976. The average molecular weight is 147 g/mol. The summed E-state index contributed by atoms with van der Waals surface area (Å²) in [5.74, 6) is 1.56. The van der Waals surface area contributed by atoms with Crippen LogP contribution in [0.3, 0.4) is 0 Å². The van der Waals surface area contributed by atoms with Gasteiger partial charge in [0.05, 0.1) is 6.07 Å². The van der Waals surface area contributed by atoms with Crippen molar-refractivity contribution in [2.24, 2.45) is 0 Å². The van der Waals surface area contributed by atoms with Crippen molar-refractivity contribution in [3.8, 4) is 6.07 Å². The summed E-state index contributed by atoms with van der Waals surface area (Å²) in [5, 5.41) is 9.37. The molecule has 48 valence electrons. The normalized spacial score (nSPS) is 9.50. The van der Waals surface area contributed by atoms with E-state index in [1.807, 2.05) is 36.4 Å². The molecule has 0 aliphatic carbocycles. The molecule has 2 heteroatoms. The van der Waals surface area contributed by atoms with Gasteiger partial charge in [0.2, 0.25) is 0 Å². The van der Waals surface area contributed by atoms with Crippen molar-refractivity contribution in [3.05, 3.63) is 30.3 Å². The highest BCUT2D eigenvalue weighted by Gasteiger charge is 1.79. The van der Waals surface area contributed by atoms with Gasteiger partial charge in [-0.15, -0.1) is 0 Å². The summed E-state index contributed by atoms with van der Waals surface area (Å²) in [5.41, 5.74) is 0. The molecule has 0 heterocycles. The molecule has 1 nitrogen and oxygen atoms in total. The van der Waals surface area contributed by atoms with E-state index < -0.39 is 0 Å². The molecular formula is C8H6NP. The Balaban J connectivity index is 2.79. The number of hydrogen-bond acceptors (Lipinski definition) is 1. The summed E-state index contributed by atoms with van der Waals surface area (Å²) in [4.78, 5) is 0. The standard InChI is InChI=1S/C8H6NP/c9-6-7-10-8-4-2-1-3-5-8/h1-5,7H. The Labute approximate surface area is 61.7 Å². The van der Waals surface area contributed by atoms with E-state index in [-0.39, 0.29) is 0 Å². The minimum Gasteiger partial charge on any atom is -0.193 e. The monoisotopic (exact) mass is 147 g/mol. The van der Waals surface area contributed by atoms with E-state index in [2.05, 4.69) is 0 Å². The van der Waals surface area contributed by atoms with Crippen molar-refractivity contribution < 1.29 is 0 Å². The summed E-state index contributed by atoms with van der Waals surface area (Å²) >= 11 is 0. The summed E-state index contributed by atoms with van der Waals surface area (Å²) in [7, 11) is 0.976. The van der Waals surface area contributed by atoms with Gasteiger partial charge in [-0.25, -0.2) is 0 Å². The van der Waals surface area contributed by atoms with E-state index >= 15 is 0 Å². The molecule has 10 heavy (non-hydrogen) atoms. The number of nitriles is 1. The lowest BCUT2D eigenvalue weighted by molar-refractivity contribution is 1.56. The Bertz CT molecular complexity index is 258. The summed E-state index contributed by atoms with van der Waals surface area (Å²) in [6.45, 7) is 0. The SMILES string of the molecule is N#CC=Pc1ccccc1. The smallest absolute Gasteiger partial charge is 0.0962 e. The summed E-state index contributed by atoms with van der Waals surface area (Å²) in [6, 6.07) is 11.9. The van der Waals surface area contributed by atoms with Crippen molar-refractivity contribution >= 4 is 19.3 Å². The Morgan fingerprint density at radius 2 is 2.00 bits per heavy atom. The van der Waals surface area contributed by atoms with Crippen LogP contribution >= 0.6 is 8.20 Å². The minimum atomic E-state index is 0.976. The highest BCUT2D eigenvalue weighted by atomic mass is 31.1. The van der Waals surface area contributed by atoms with E-state index in [0.717, 1.165) is 13.5 Å². The number of rotatable bonds is 1. The van der Waals surface area contributed by atoms with Gasteiger partial charge in [0.15, 0.2) is 0 Å². The fraction of sp³-hybridized carbons (Fsp3) is 0. The summed E-state index contributed by atoms with van der Waals surface area (Å²) in [6.07, 6.45) is 0. The van der Waals surface area contributed by atoms with Crippen LogP contribution in [0.2, 0.25) is 0 Å². The molecule has 0 amide bonds. The highest BCUT2D eigenvalue weighted by Crippen LogP contribution is 1.94. The summed E-state index contributed by atoms with van der Waals surface area (Å²) < 4.78 is 0. The molecule has 0 aliphatic heterocycles. The molecule has 0 radical (unpaired) electrons. The second-order valence-corrected chi connectivity index (χ2v) is 2.76. The quantitative estimate of drug-likeness (QED) is 0.553. The Kier molecular flexibility index (Phi) is 2.67. The molecule has 0 aliphatic rings. The third kappa shape index (κ3) is 2.01. The third-order valence-electron chi connectivity index (χ3n) is 1.03. The number of nitrogens with zero attached hydrogens (tertiary/aromatic N) is 1. The van der Waals surface area contributed by atoms with Crippen molar-refractivity contribution in [3.63, 3.8) is 0 Å². The van der Waals surface area contributed by atoms with Crippen molar-refractivity contribution in [2.45, 2.75) is 0 Å². The van der Waals surface area contributed by atoms with Gasteiger partial charge < -0.3 is 0 Å². The van der Waals surface area contributed by atoms with Crippen LogP contribution in [-0.2, 0) is 0 Å². The molecule has 0 atom stereocenters. The van der Waals surface area contributed by atoms with Gasteiger partial charge in [-0.3, -0.25) is 0 Å². The van der Waals surface area contributed by atoms with Gasteiger partial charge in [-0.2, -0.15) is 5.26 Å². The van der Waals surface area contributed by atoms with Gasteiger partial charge in [0.25, 0.3) is 0 Å². The Morgan fingerprint density at radius 1 is 1.30 bits per heavy atom. The van der Waals surface area contributed by atoms with Gasteiger partial charge in [-0.1, -0.05) is 38.5 Å². The molecule has 0 saturated heterocycles. The molecular weight excluding hydrogens is 141 g/mol. The number of hydrogen-bond donors (Lipinski definition) is 0.